The average Bonchev–Trinajstić information content (AvgIpc) is 2.39. The summed E-state index contributed by atoms with van der Waals surface area (Å²) in [5.41, 5.74) is 0.837. The van der Waals surface area contributed by atoms with Crippen LogP contribution < -0.4 is 4.74 Å². The van der Waals surface area contributed by atoms with Crippen LogP contribution in [0.2, 0.25) is 0 Å². The fourth-order valence-corrected chi connectivity index (χ4v) is 1.46. The number of hydrogen-bond acceptors (Lipinski definition) is 3. The molecule has 2 rings (SSSR count). The lowest BCUT2D eigenvalue weighted by Crippen LogP contribution is -1.94. The zero-order chi connectivity index (χ0) is 11.9. The topological polar surface area (TPSA) is 35.5 Å². The van der Waals surface area contributed by atoms with E-state index in [1.807, 2.05) is 54.6 Å². The van der Waals surface area contributed by atoms with Crippen LogP contribution in [-0.2, 0) is 16.1 Å². The van der Waals surface area contributed by atoms with Crippen LogP contribution in [0.15, 0.2) is 54.6 Å². The highest BCUT2D eigenvalue weighted by Crippen LogP contribution is 2.25. The number of para-hydroxylation sites is 2. The van der Waals surface area contributed by atoms with E-state index in [0.717, 1.165) is 11.3 Å². The van der Waals surface area contributed by atoms with Gasteiger partial charge < -0.3 is 9.47 Å². The average molecular weight is 228 g/mol. The monoisotopic (exact) mass is 228 g/mol. The largest absolute Gasteiger partial charge is 0.463 e. The fourth-order valence-electron chi connectivity index (χ4n) is 1.46. The van der Waals surface area contributed by atoms with Gasteiger partial charge in [-0.25, -0.2) is 0 Å². The maximum Gasteiger partial charge on any atom is 0.293 e. The van der Waals surface area contributed by atoms with Crippen molar-refractivity contribution in [1.29, 1.82) is 0 Å². The van der Waals surface area contributed by atoms with Crippen LogP contribution in [0.5, 0.6) is 11.5 Å². The van der Waals surface area contributed by atoms with Crippen molar-refractivity contribution in [3.63, 3.8) is 0 Å². The molecule has 0 saturated heterocycles. The Balaban J connectivity index is 2.17. The van der Waals surface area contributed by atoms with E-state index in [1.54, 1.807) is 0 Å². The summed E-state index contributed by atoms with van der Waals surface area (Å²) >= 11 is 0. The predicted octanol–water partition coefficient (Wildman–Crippen LogP) is 3.15. The highest BCUT2D eigenvalue weighted by Gasteiger charge is 2.04. The molecule has 0 aliphatic heterocycles. The van der Waals surface area contributed by atoms with E-state index in [2.05, 4.69) is 0 Å². The van der Waals surface area contributed by atoms with Gasteiger partial charge in [0.2, 0.25) is 0 Å². The Morgan fingerprint density at radius 2 is 1.65 bits per heavy atom. The highest BCUT2D eigenvalue weighted by molar-refractivity contribution is 5.40. The van der Waals surface area contributed by atoms with Crippen molar-refractivity contribution < 1.29 is 14.3 Å². The number of rotatable bonds is 5. The molecule has 86 valence electrons. The first kappa shape index (κ1) is 11.2. The van der Waals surface area contributed by atoms with Gasteiger partial charge in [0, 0.05) is 5.56 Å². The van der Waals surface area contributed by atoms with Crippen molar-refractivity contribution in [2.45, 2.75) is 6.61 Å². The van der Waals surface area contributed by atoms with Crippen LogP contribution in [0.4, 0.5) is 0 Å². The van der Waals surface area contributed by atoms with Crippen molar-refractivity contribution in [3.05, 3.63) is 60.2 Å². The third-order valence-electron chi connectivity index (χ3n) is 2.25. The van der Waals surface area contributed by atoms with Crippen molar-refractivity contribution in [1.82, 2.24) is 0 Å². The summed E-state index contributed by atoms with van der Waals surface area (Å²) in [7, 11) is 0. The summed E-state index contributed by atoms with van der Waals surface area (Å²) in [6, 6.07) is 16.9. The normalized spacial score (nSPS) is 9.65. The lowest BCUT2D eigenvalue weighted by Gasteiger charge is -2.09. The summed E-state index contributed by atoms with van der Waals surface area (Å²) in [6.45, 7) is 0.645. The molecule has 0 aliphatic rings. The van der Waals surface area contributed by atoms with Crippen LogP contribution in [0, 0.1) is 0 Å². The molecule has 0 aliphatic carbocycles. The maximum absolute atomic E-state index is 10.2. The van der Waals surface area contributed by atoms with Crippen molar-refractivity contribution in [2.75, 3.05) is 0 Å². The molecule has 0 bridgehead atoms. The quantitative estimate of drug-likeness (QED) is 0.737. The van der Waals surface area contributed by atoms with Gasteiger partial charge in [-0.05, 0) is 18.2 Å². The summed E-state index contributed by atoms with van der Waals surface area (Å²) in [6.07, 6.45) is 0. The Morgan fingerprint density at radius 1 is 0.941 bits per heavy atom. The molecule has 0 unspecified atom stereocenters. The van der Waals surface area contributed by atoms with Gasteiger partial charge in [0.15, 0.2) is 0 Å². The number of ether oxygens (including phenoxy) is 2. The summed E-state index contributed by atoms with van der Waals surface area (Å²) in [4.78, 5) is 10.2. The minimum atomic E-state index is 0.215. The predicted molar refractivity (Wildman–Crippen MR) is 63.8 cm³/mol. The third kappa shape index (κ3) is 3.08. The first-order valence-corrected chi connectivity index (χ1v) is 5.26. The first-order valence-electron chi connectivity index (χ1n) is 5.26. The molecule has 3 heteroatoms. The van der Waals surface area contributed by atoms with Crippen LogP contribution in [0.25, 0.3) is 0 Å². The summed E-state index contributed by atoms with van der Waals surface area (Å²) < 4.78 is 10.4. The molecule has 0 fully saturated rings. The van der Waals surface area contributed by atoms with Crippen LogP contribution in [0.3, 0.4) is 0 Å². The van der Waals surface area contributed by atoms with Crippen LogP contribution >= 0.6 is 0 Å². The van der Waals surface area contributed by atoms with Gasteiger partial charge in [0.1, 0.15) is 18.1 Å². The second kappa shape index (κ2) is 5.70. The molecule has 0 amide bonds. The van der Waals surface area contributed by atoms with Gasteiger partial charge >= 0.3 is 0 Å². The lowest BCUT2D eigenvalue weighted by molar-refractivity contribution is -0.129. The molecule has 0 N–H and O–H groups in total. The van der Waals surface area contributed by atoms with E-state index in [4.69, 9.17) is 9.47 Å². The molecule has 2 aromatic carbocycles. The Bertz CT molecular complexity index is 480. The molecule has 0 saturated carbocycles. The van der Waals surface area contributed by atoms with E-state index in [-0.39, 0.29) is 6.61 Å². The second-order valence-corrected chi connectivity index (χ2v) is 3.43. The van der Waals surface area contributed by atoms with Crippen molar-refractivity contribution in [3.8, 4) is 11.5 Å². The van der Waals surface area contributed by atoms with E-state index in [0.29, 0.717) is 12.2 Å². The number of carbonyl (C=O) groups excluding carboxylic acids is 1. The van der Waals surface area contributed by atoms with Crippen LogP contribution in [-0.4, -0.2) is 6.47 Å². The first-order chi connectivity index (χ1) is 8.40. The maximum atomic E-state index is 10.2. The van der Waals surface area contributed by atoms with Gasteiger partial charge in [-0.15, -0.1) is 0 Å². The Labute approximate surface area is 99.6 Å². The van der Waals surface area contributed by atoms with E-state index < -0.39 is 0 Å². The number of benzene rings is 2. The SMILES string of the molecule is O=COCc1ccccc1Oc1ccccc1. The van der Waals surface area contributed by atoms with E-state index in [9.17, 15) is 4.79 Å². The third-order valence-corrected chi connectivity index (χ3v) is 2.25. The van der Waals surface area contributed by atoms with Crippen LogP contribution in [0.1, 0.15) is 5.56 Å². The zero-order valence-corrected chi connectivity index (χ0v) is 9.21. The minimum Gasteiger partial charge on any atom is -0.463 e. The van der Waals surface area contributed by atoms with E-state index in [1.165, 1.54) is 0 Å². The molecule has 2 aromatic rings. The van der Waals surface area contributed by atoms with Gasteiger partial charge in [0.25, 0.3) is 6.47 Å². The van der Waals surface area contributed by atoms with Gasteiger partial charge in [0.05, 0.1) is 0 Å². The number of carbonyl (C=O) groups is 1. The van der Waals surface area contributed by atoms with Gasteiger partial charge in [-0.2, -0.15) is 0 Å². The molecule has 0 aromatic heterocycles. The molecular weight excluding hydrogens is 216 g/mol. The molecule has 0 spiro atoms. The molecule has 3 nitrogen and oxygen atoms in total. The Kier molecular flexibility index (Phi) is 3.76. The minimum absolute atomic E-state index is 0.215. The Morgan fingerprint density at radius 3 is 2.41 bits per heavy atom. The van der Waals surface area contributed by atoms with Crippen molar-refractivity contribution in [2.24, 2.45) is 0 Å². The summed E-state index contributed by atoms with van der Waals surface area (Å²) in [5, 5.41) is 0. The fraction of sp³-hybridized carbons (Fsp3) is 0.0714. The smallest absolute Gasteiger partial charge is 0.293 e. The van der Waals surface area contributed by atoms with Crippen molar-refractivity contribution >= 4 is 6.47 Å². The van der Waals surface area contributed by atoms with Gasteiger partial charge in [-0.1, -0.05) is 36.4 Å². The molecular formula is C14H12O3. The summed E-state index contributed by atoms with van der Waals surface area (Å²) in [5.74, 6) is 1.45. The number of hydrogen-bond donors (Lipinski definition) is 0. The highest BCUT2D eigenvalue weighted by atomic mass is 16.5. The molecule has 17 heavy (non-hydrogen) atoms. The molecule has 0 atom stereocenters. The van der Waals surface area contributed by atoms with E-state index >= 15 is 0 Å². The Hall–Kier alpha value is -2.29. The molecule has 0 radical (unpaired) electrons. The standard InChI is InChI=1S/C14H12O3/c15-11-16-10-12-6-4-5-9-14(12)17-13-7-2-1-3-8-13/h1-9,11H,10H2. The second-order valence-electron chi connectivity index (χ2n) is 3.43. The molecule has 0 heterocycles. The lowest BCUT2D eigenvalue weighted by atomic mass is 10.2. The zero-order valence-electron chi connectivity index (χ0n) is 9.21. The van der Waals surface area contributed by atoms with Gasteiger partial charge in [-0.3, -0.25) is 4.79 Å².